The minimum absolute atomic E-state index is 0.760. The Balaban J connectivity index is 1.88. The van der Waals surface area contributed by atoms with Crippen molar-refractivity contribution in [2.75, 3.05) is 17.6 Å². The van der Waals surface area contributed by atoms with E-state index in [1.165, 1.54) is 32.1 Å². The van der Waals surface area contributed by atoms with Gasteiger partial charge < -0.3 is 11.1 Å². The Bertz CT molecular complexity index is 343. The molecular formula is C13H21N3. The van der Waals surface area contributed by atoms with Gasteiger partial charge in [0, 0.05) is 12.7 Å². The largest absolute Gasteiger partial charge is 0.396 e. The molecule has 0 radical (unpaired) electrons. The molecule has 1 heterocycles. The lowest BCUT2D eigenvalue weighted by Crippen LogP contribution is -2.18. The van der Waals surface area contributed by atoms with Crippen LogP contribution < -0.4 is 11.1 Å². The number of rotatable bonds is 3. The zero-order valence-corrected chi connectivity index (χ0v) is 10.00. The molecule has 3 N–H and O–H groups in total. The van der Waals surface area contributed by atoms with E-state index in [-0.39, 0.29) is 0 Å². The second-order valence-electron chi connectivity index (χ2n) is 4.84. The monoisotopic (exact) mass is 219 g/mol. The van der Waals surface area contributed by atoms with Crippen LogP contribution in [0.15, 0.2) is 12.3 Å². The molecule has 88 valence electrons. The normalized spacial score (nSPS) is 17.3. The van der Waals surface area contributed by atoms with Gasteiger partial charge in [0.2, 0.25) is 0 Å². The molecule has 16 heavy (non-hydrogen) atoms. The maximum absolute atomic E-state index is 5.91. The van der Waals surface area contributed by atoms with E-state index >= 15 is 0 Å². The predicted octanol–water partition coefficient (Wildman–Crippen LogP) is 2.96. The first-order valence-corrected chi connectivity index (χ1v) is 6.21. The van der Waals surface area contributed by atoms with E-state index in [2.05, 4.69) is 10.3 Å². The van der Waals surface area contributed by atoms with E-state index in [0.29, 0.717) is 0 Å². The molecule has 3 heteroatoms. The van der Waals surface area contributed by atoms with Crippen LogP contribution in [0.25, 0.3) is 0 Å². The molecule has 1 aromatic heterocycles. The average molecular weight is 219 g/mol. The SMILES string of the molecule is Cc1cnc(NCC2CCCCC2)c(N)c1. The van der Waals surface area contributed by atoms with Gasteiger partial charge in [-0.25, -0.2) is 4.98 Å². The fourth-order valence-electron chi connectivity index (χ4n) is 2.37. The summed E-state index contributed by atoms with van der Waals surface area (Å²) in [5, 5.41) is 3.37. The molecule has 0 saturated heterocycles. The van der Waals surface area contributed by atoms with Gasteiger partial charge in [0.25, 0.3) is 0 Å². The Morgan fingerprint density at radius 2 is 2.12 bits per heavy atom. The maximum atomic E-state index is 5.91. The Labute approximate surface area is 97.5 Å². The van der Waals surface area contributed by atoms with Crippen LogP contribution in [-0.4, -0.2) is 11.5 Å². The van der Waals surface area contributed by atoms with Crippen molar-refractivity contribution in [3.05, 3.63) is 17.8 Å². The molecule has 1 fully saturated rings. The lowest BCUT2D eigenvalue weighted by Gasteiger charge is -2.22. The number of nitrogens with one attached hydrogen (secondary N) is 1. The van der Waals surface area contributed by atoms with Gasteiger partial charge in [-0.1, -0.05) is 19.3 Å². The lowest BCUT2D eigenvalue weighted by molar-refractivity contribution is 0.373. The van der Waals surface area contributed by atoms with Gasteiger partial charge in [-0.05, 0) is 37.3 Å². The minimum Gasteiger partial charge on any atom is -0.396 e. The Hall–Kier alpha value is -1.25. The Morgan fingerprint density at radius 1 is 1.38 bits per heavy atom. The third-order valence-electron chi connectivity index (χ3n) is 3.34. The summed E-state index contributed by atoms with van der Waals surface area (Å²) in [5.74, 6) is 1.65. The summed E-state index contributed by atoms with van der Waals surface area (Å²) in [6.07, 6.45) is 8.71. The molecule has 1 aliphatic carbocycles. The van der Waals surface area contributed by atoms with Crippen molar-refractivity contribution in [1.82, 2.24) is 4.98 Å². The van der Waals surface area contributed by atoms with Crippen molar-refractivity contribution in [1.29, 1.82) is 0 Å². The molecule has 0 bridgehead atoms. The quantitative estimate of drug-likeness (QED) is 0.821. The summed E-state index contributed by atoms with van der Waals surface area (Å²) in [6, 6.07) is 1.97. The summed E-state index contributed by atoms with van der Waals surface area (Å²) in [6.45, 7) is 3.02. The van der Waals surface area contributed by atoms with Crippen LogP contribution >= 0.6 is 0 Å². The number of anilines is 2. The first-order valence-electron chi connectivity index (χ1n) is 6.21. The first-order chi connectivity index (χ1) is 7.75. The molecule has 0 atom stereocenters. The van der Waals surface area contributed by atoms with Gasteiger partial charge in [0.15, 0.2) is 0 Å². The van der Waals surface area contributed by atoms with E-state index < -0.39 is 0 Å². The highest BCUT2D eigenvalue weighted by molar-refractivity contribution is 5.61. The zero-order valence-electron chi connectivity index (χ0n) is 10.00. The van der Waals surface area contributed by atoms with Crippen LogP contribution in [0.4, 0.5) is 11.5 Å². The van der Waals surface area contributed by atoms with Crippen molar-refractivity contribution in [3.63, 3.8) is 0 Å². The first kappa shape index (κ1) is 11.2. The molecule has 2 rings (SSSR count). The van der Waals surface area contributed by atoms with Crippen LogP contribution in [0.1, 0.15) is 37.7 Å². The van der Waals surface area contributed by atoms with Gasteiger partial charge in [-0.2, -0.15) is 0 Å². The summed E-state index contributed by atoms with van der Waals surface area (Å²) >= 11 is 0. The summed E-state index contributed by atoms with van der Waals surface area (Å²) in [5.41, 5.74) is 7.78. The standard InChI is InChI=1S/C13H21N3/c1-10-7-12(14)13(15-8-10)16-9-11-5-3-2-4-6-11/h7-8,11H,2-6,9,14H2,1H3,(H,15,16). The van der Waals surface area contributed by atoms with E-state index in [1.807, 2.05) is 19.2 Å². The number of nitrogen functional groups attached to an aromatic ring is 1. The van der Waals surface area contributed by atoms with Crippen LogP contribution in [0.2, 0.25) is 0 Å². The highest BCUT2D eigenvalue weighted by Crippen LogP contribution is 2.24. The summed E-state index contributed by atoms with van der Waals surface area (Å²) in [7, 11) is 0. The summed E-state index contributed by atoms with van der Waals surface area (Å²) in [4.78, 5) is 4.33. The number of nitrogens with two attached hydrogens (primary N) is 1. The molecule has 1 saturated carbocycles. The highest BCUT2D eigenvalue weighted by Gasteiger charge is 2.13. The molecule has 0 amide bonds. The van der Waals surface area contributed by atoms with Crippen molar-refractivity contribution < 1.29 is 0 Å². The van der Waals surface area contributed by atoms with Crippen LogP contribution in [0.5, 0.6) is 0 Å². The topological polar surface area (TPSA) is 50.9 Å². The third-order valence-corrected chi connectivity index (χ3v) is 3.34. The van der Waals surface area contributed by atoms with E-state index in [9.17, 15) is 0 Å². The van der Waals surface area contributed by atoms with Crippen molar-refractivity contribution in [3.8, 4) is 0 Å². The minimum atomic E-state index is 0.760. The number of aryl methyl sites for hydroxylation is 1. The zero-order chi connectivity index (χ0) is 11.4. The number of pyridine rings is 1. The van der Waals surface area contributed by atoms with E-state index in [4.69, 9.17) is 5.73 Å². The van der Waals surface area contributed by atoms with Gasteiger partial charge in [0.05, 0.1) is 5.69 Å². The maximum Gasteiger partial charge on any atom is 0.149 e. The van der Waals surface area contributed by atoms with Crippen LogP contribution in [0.3, 0.4) is 0 Å². The highest BCUT2D eigenvalue weighted by atomic mass is 15.0. The molecule has 0 unspecified atom stereocenters. The summed E-state index contributed by atoms with van der Waals surface area (Å²) < 4.78 is 0. The van der Waals surface area contributed by atoms with Crippen LogP contribution in [0, 0.1) is 12.8 Å². The van der Waals surface area contributed by atoms with Crippen LogP contribution in [-0.2, 0) is 0 Å². The molecule has 0 spiro atoms. The predicted molar refractivity (Wildman–Crippen MR) is 68.5 cm³/mol. The lowest BCUT2D eigenvalue weighted by atomic mass is 9.89. The average Bonchev–Trinajstić information content (AvgIpc) is 2.29. The van der Waals surface area contributed by atoms with Gasteiger partial charge >= 0.3 is 0 Å². The van der Waals surface area contributed by atoms with Crippen molar-refractivity contribution in [2.24, 2.45) is 5.92 Å². The van der Waals surface area contributed by atoms with Gasteiger partial charge in [-0.15, -0.1) is 0 Å². The van der Waals surface area contributed by atoms with Crippen molar-refractivity contribution >= 4 is 11.5 Å². The van der Waals surface area contributed by atoms with Gasteiger partial charge in [0.1, 0.15) is 5.82 Å². The molecule has 3 nitrogen and oxygen atoms in total. The second-order valence-corrected chi connectivity index (χ2v) is 4.84. The Morgan fingerprint density at radius 3 is 2.81 bits per heavy atom. The Kier molecular flexibility index (Phi) is 3.65. The van der Waals surface area contributed by atoms with Gasteiger partial charge in [-0.3, -0.25) is 0 Å². The smallest absolute Gasteiger partial charge is 0.149 e. The molecule has 1 aliphatic rings. The number of hydrogen-bond acceptors (Lipinski definition) is 3. The fraction of sp³-hybridized carbons (Fsp3) is 0.615. The molecule has 0 aromatic carbocycles. The van der Waals surface area contributed by atoms with Crippen molar-refractivity contribution in [2.45, 2.75) is 39.0 Å². The molecular weight excluding hydrogens is 198 g/mol. The van der Waals surface area contributed by atoms with E-state index in [1.54, 1.807) is 0 Å². The molecule has 0 aliphatic heterocycles. The second kappa shape index (κ2) is 5.19. The number of aromatic nitrogens is 1. The fourth-order valence-corrected chi connectivity index (χ4v) is 2.37. The van der Waals surface area contributed by atoms with E-state index in [0.717, 1.165) is 29.5 Å². The third kappa shape index (κ3) is 2.87. The molecule has 1 aromatic rings. The number of nitrogens with zero attached hydrogens (tertiary/aromatic N) is 1. The number of hydrogen-bond donors (Lipinski definition) is 2.